The molecule has 0 aliphatic carbocycles. The number of hydrogen-bond donors (Lipinski definition) is 2. The van der Waals surface area contributed by atoms with Crippen LogP contribution in [0, 0.1) is 5.82 Å². The molecule has 2 N–H and O–H groups in total. The van der Waals surface area contributed by atoms with Crippen LogP contribution in [0.2, 0.25) is 0 Å². The molecule has 0 saturated heterocycles. The van der Waals surface area contributed by atoms with Crippen LogP contribution >= 0.6 is 0 Å². The molecule has 0 bridgehead atoms. The van der Waals surface area contributed by atoms with Crippen LogP contribution in [0.5, 0.6) is 5.75 Å². The first-order valence-corrected chi connectivity index (χ1v) is 5.78. The van der Waals surface area contributed by atoms with Gasteiger partial charge in [0, 0.05) is 0 Å². The topological polar surface area (TPSA) is 58.6 Å². The van der Waals surface area contributed by atoms with E-state index in [9.17, 15) is 9.18 Å². The van der Waals surface area contributed by atoms with E-state index in [0.717, 1.165) is 0 Å². The SMILES string of the molecule is CNC(C)(CCCOc1ccc(F)cc1)C(=O)O. The summed E-state index contributed by atoms with van der Waals surface area (Å²) in [4.78, 5) is 11.0. The Hall–Kier alpha value is -1.62. The van der Waals surface area contributed by atoms with Gasteiger partial charge < -0.3 is 15.2 Å². The summed E-state index contributed by atoms with van der Waals surface area (Å²) >= 11 is 0. The lowest BCUT2D eigenvalue weighted by atomic mass is 9.96. The molecule has 1 aromatic rings. The fraction of sp³-hybridized carbons (Fsp3) is 0.462. The van der Waals surface area contributed by atoms with E-state index in [2.05, 4.69) is 5.32 Å². The molecule has 5 heteroatoms. The molecule has 0 heterocycles. The minimum absolute atomic E-state index is 0.309. The van der Waals surface area contributed by atoms with E-state index < -0.39 is 11.5 Å². The fourth-order valence-corrected chi connectivity index (χ4v) is 1.49. The van der Waals surface area contributed by atoms with Crippen LogP contribution in [-0.2, 0) is 4.79 Å². The third-order valence-corrected chi connectivity index (χ3v) is 2.93. The number of likely N-dealkylation sites (N-methyl/N-ethyl adjacent to an activating group) is 1. The third kappa shape index (κ3) is 4.00. The Bertz CT molecular complexity index is 394. The molecule has 0 fully saturated rings. The standard InChI is InChI=1S/C13H18FNO3/c1-13(15-2,12(16)17)8-3-9-18-11-6-4-10(14)5-7-11/h4-7,15H,3,8-9H2,1-2H3,(H,16,17). The summed E-state index contributed by atoms with van der Waals surface area (Å²) < 4.78 is 18.0. The molecule has 0 aliphatic rings. The summed E-state index contributed by atoms with van der Waals surface area (Å²) in [6, 6.07) is 5.74. The Kier molecular flexibility index (Phi) is 5.09. The smallest absolute Gasteiger partial charge is 0.323 e. The third-order valence-electron chi connectivity index (χ3n) is 2.93. The van der Waals surface area contributed by atoms with Gasteiger partial charge in [0.05, 0.1) is 6.61 Å². The second-order valence-electron chi connectivity index (χ2n) is 4.29. The highest BCUT2D eigenvalue weighted by molar-refractivity contribution is 5.78. The van der Waals surface area contributed by atoms with E-state index >= 15 is 0 Å². The Balaban J connectivity index is 2.34. The molecular formula is C13H18FNO3. The van der Waals surface area contributed by atoms with Gasteiger partial charge >= 0.3 is 5.97 Å². The minimum atomic E-state index is -0.938. The Morgan fingerprint density at radius 2 is 2.06 bits per heavy atom. The predicted molar refractivity (Wildman–Crippen MR) is 66.2 cm³/mol. The van der Waals surface area contributed by atoms with E-state index in [-0.39, 0.29) is 5.82 Å². The number of carboxylic acid groups (broad SMARTS) is 1. The summed E-state index contributed by atoms with van der Waals surface area (Å²) in [5, 5.41) is 11.8. The second-order valence-corrected chi connectivity index (χ2v) is 4.29. The number of carbonyl (C=O) groups is 1. The fourth-order valence-electron chi connectivity index (χ4n) is 1.49. The molecule has 0 aliphatic heterocycles. The number of rotatable bonds is 7. The summed E-state index contributed by atoms with van der Waals surface area (Å²) in [7, 11) is 1.62. The molecule has 1 rings (SSSR count). The lowest BCUT2D eigenvalue weighted by Crippen LogP contribution is -2.47. The van der Waals surface area contributed by atoms with Crippen molar-refractivity contribution in [2.24, 2.45) is 0 Å². The van der Waals surface area contributed by atoms with E-state index in [0.29, 0.717) is 25.2 Å². The molecular weight excluding hydrogens is 237 g/mol. The maximum absolute atomic E-state index is 12.6. The minimum Gasteiger partial charge on any atom is -0.494 e. The first kappa shape index (κ1) is 14.4. The average Bonchev–Trinajstić information content (AvgIpc) is 2.36. The Morgan fingerprint density at radius 1 is 1.44 bits per heavy atom. The van der Waals surface area contributed by atoms with Gasteiger partial charge in [-0.25, -0.2) is 4.39 Å². The van der Waals surface area contributed by atoms with E-state index in [1.807, 2.05) is 0 Å². The normalized spacial score (nSPS) is 13.9. The van der Waals surface area contributed by atoms with Crippen LogP contribution in [0.25, 0.3) is 0 Å². The zero-order chi connectivity index (χ0) is 13.6. The molecule has 0 radical (unpaired) electrons. The highest BCUT2D eigenvalue weighted by Crippen LogP contribution is 2.15. The lowest BCUT2D eigenvalue weighted by molar-refractivity contribution is -0.144. The van der Waals surface area contributed by atoms with Crippen molar-refractivity contribution in [2.75, 3.05) is 13.7 Å². The van der Waals surface area contributed by atoms with Crippen molar-refractivity contribution in [3.63, 3.8) is 0 Å². The van der Waals surface area contributed by atoms with Gasteiger partial charge in [-0.15, -0.1) is 0 Å². The zero-order valence-electron chi connectivity index (χ0n) is 10.6. The van der Waals surface area contributed by atoms with Crippen LogP contribution in [0.15, 0.2) is 24.3 Å². The van der Waals surface area contributed by atoms with E-state index in [1.165, 1.54) is 12.1 Å². The van der Waals surface area contributed by atoms with Gasteiger partial charge in [0.15, 0.2) is 0 Å². The van der Waals surface area contributed by atoms with Crippen molar-refractivity contribution in [3.8, 4) is 5.75 Å². The van der Waals surface area contributed by atoms with E-state index in [1.54, 1.807) is 26.1 Å². The Labute approximate surface area is 106 Å². The number of ether oxygens (including phenoxy) is 1. The molecule has 1 unspecified atom stereocenters. The van der Waals surface area contributed by atoms with E-state index in [4.69, 9.17) is 9.84 Å². The number of hydrogen-bond acceptors (Lipinski definition) is 3. The van der Waals surface area contributed by atoms with Gasteiger partial charge in [-0.1, -0.05) is 0 Å². The highest BCUT2D eigenvalue weighted by Gasteiger charge is 2.30. The number of benzene rings is 1. The van der Waals surface area contributed by atoms with Crippen LogP contribution in [0.3, 0.4) is 0 Å². The molecule has 1 atom stereocenters. The van der Waals surface area contributed by atoms with Crippen molar-refractivity contribution in [1.82, 2.24) is 5.32 Å². The van der Waals surface area contributed by atoms with Crippen molar-refractivity contribution in [2.45, 2.75) is 25.3 Å². The first-order chi connectivity index (χ1) is 8.48. The van der Waals surface area contributed by atoms with Crippen LogP contribution < -0.4 is 10.1 Å². The van der Waals surface area contributed by atoms with Gasteiger partial charge in [0.1, 0.15) is 17.1 Å². The van der Waals surface area contributed by atoms with Crippen LogP contribution in [-0.4, -0.2) is 30.3 Å². The summed E-state index contributed by atoms with van der Waals surface area (Å²) in [6.07, 6.45) is 1.06. The largest absolute Gasteiger partial charge is 0.494 e. The summed E-state index contributed by atoms with van der Waals surface area (Å²) in [5.74, 6) is -0.611. The van der Waals surface area contributed by atoms with Gasteiger partial charge in [-0.2, -0.15) is 0 Å². The molecule has 0 amide bonds. The number of aliphatic carboxylic acids is 1. The maximum Gasteiger partial charge on any atom is 0.323 e. The van der Waals surface area contributed by atoms with Crippen molar-refractivity contribution >= 4 is 5.97 Å². The number of halogens is 1. The number of carboxylic acids is 1. The van der Waals surface area contributed by atoms with Gasteiger partial charge in [-0.3, -0.25) is 4.79 Å². The highest BCUT2D eigenvalue weighted by atomic mass is 19.1. The predicted octanol–water partition coefficient (Wildman–Crippen LogP) is 2.05. The zero-order valence-corrected chi connectivity index (χ0v) is 10.6. The summed E-state index contributed by atoms with van der Waals surface area (Å²) in [5.41, 5.74) is -0.938. The van der Waals surface area contributed by atoms with Gasteiger partial charge in [0.25, 0.3) is 0 Å². The molecule has 18 heavy (non-hydrogen) atoms. The first-order valence-electron chi connectivity index (χ1n) is 5.78. The Morgan fingerprint density at radius 3 is 2.56 bits per heavy atom. The maximum atomic E-state index is 12.6. The summed E-state index contributed by atoms with van der Waals surface area (Å²) in [6.45, 7) is 2.03. The van der Waals surface area contributed by atoms with Crippen molar-refractivity contribution < 1.29 is 19.0 Å². The number of nitrogens with one attached hydrogen (secondary N) is 1. The van der Waals surface area contributed by atoms with Gasteiger partial charge in [-0.05, 0) is 51.1 Å². The molecule has 100 valence electrons. The molecule has 1 aromatic carbocycles. The molecule has 0 aromatic heterocycles. The average molecular weight is 255 g/mol. The lowest BCUT2D eigenvalue weighted by Gasteiger charge is -2.23. The van der Waals surface area contributed by atoms with Crippen molar-refractivity contribution in [1.29, 1.82) is 0 Å². The molecule has 0 saturated carbocycles. The monoisotopic (exact) mass is 255 g/mol. The van der Waals surface area contributed by atoms with Crippen molar-refractivity contribution in [3.05, 3.63) is 30.1 Å². The molecule has 0 spiro atoms. The van der Waals surface area contributed by atoms with Crippen LogP contribution in [0.4, 0.5) is 4.39 Å². The quantitative estimate of drug-likeness (QED) is 0.732. The van der Waals surface area contributed by atoms with Gasteiger partial charge in [0.2, 0.25) is 0 Å². The molecule has 4 nitrogen and oxygen atoms in total. The van der Waals surface area contributed by atoms with Crippen LogP contribution in [0.1, 0.15) is 19.8 Å². The second kappa shape index (κ2) is 6.35.